The molecular formula is C25H17F7N2O4S. The largest absolute Gasteiger partial charge is 0.417 e. The van der Waals surface area contributed by atoms with Crippen LogP contribution in [-0.4, -0.2) is 30.8 Å². The van der Waals surface area contributed by atoms with Gasteiger partial charge in [0.05, 0.1) is 33.4 Å². The number of amides is 1. The van der Waals surface area contributed by atoms with Crippen molar-refractivity contribution in [3.8, 4) is 6.07 Å². The molecule has 0 saturated heterocycles. The number of rotatable bonds is 7. The maximum Gasteiger partial charge on any atom is 0.417 e. The van der Waals surface area contributed by atoms with Gasteiger partial charge in [0.15, 0.2) is 15.4 Å². The van der Waals surface area contributed by atoms with E-state index >= 15 is 0 Å². The summed E-state index contributed by atoms with van der Waals surface area (Å²) in [6, 6.07) is 9.81. The normalized spacial score (nSPS) is 13.8. The van der Waals surface area contributed by atoms with Crippen molar-refractivity contribution in [3.63, 3.8) is 0 Å². The fraction of sp³-hybridized carbons (Fsp3) is 0.200. The van der Waals surface area contributed by atoms with Crippen molar-refractivity contribution in [2.45, 2.75) is 29.3 Å². The van der Waals surface area contributed by atoms with Crippen molar-refractivity contribution in [1.82, 2.24) is 0 Å². The molecule has 0 aromatic heterocycles. The van der Waals surface area contributed by atoms with Crippen LogP contribution in [0.3, 0.4) is 0 Å². The van der Waals surface area contributed by atoms with Crippen LogP contribution in [0.25, 0.3) is 0 Å². The van der Waals surface area contributed by atoms with E-state index in [1.807, 2.05) is 5.32 Å². The van der Waals surface area contributed by atoms with Gasteiger partial charge in [-0.2, -0.15) is 31.6 Å². The zero-order chi connectivity index (χ0) is 29.2. The van der Waals surface area contributed by atoms with Gasteiger partial charge in [-0.05, 0) is 60.2 Å². The quantitative estimate of drug-likeness (QED) is 0.301. The third kappa shape index (κ3) is 7.12. The highest BCUT2D eigenvalue weighted by atomic mass is 32.2. The minimum atomic E-state index is -4.99. The Morgan fingerprint density at radius 2 is 1.49 bits per heavy atom. The number of nitrogens with one attached hydrogen (secondary N) is 1. The van der Waals surface area contributed by atoms with Gasteiger partial charge in [0.2, 0.25) is 0 Å². The molecule has 206 valence electrons. The second-order valence-corrected chi connectivity index (χ2v) is 10.4. The summed E-state index contributed by atoms with van der Waals surface area (Å²) in [7, 11) is -4.55. The number of carbonyl (C=O) groups excluding carboxylic acids is 1. The summed E-state index contributed by atoms with van der Waals surface area (Å²) >= 11 is 0. The predicted molar refractivity (Wildman–Crippen MR) is 123 cm³/mol. The van der Waals surface area contributed by atoms with Crippen LogP contribution >= 0.6 is 0 Å². The molecule has 0 spiro atoms. The first-order valence-electron chi connectivity index (χ1n) is 10.7. The molecule has 0 unspecified atom stereocenters. The van der Waals surface area contributed by atoms with Gasteiger partial charge < -0.3 is 10.4 Å². The number of benzene rings is 3. The zero-order valence-corrected chi connectivity index (χ0v) is 20.3. The molecule has 39 heavy (non-hydrogen) atoms. The Kier molecular flexibility index (Phi) is 8.09. The maximum atomic E-state index is 13.3. The molecule has 1 atom stereocenters. The second kappa shape index (κ2) is 10.7. The van der Waals surface area contributed by atoms with Crippen molar-refractivity contribution in [2.24, 2.45) is 0 Å². The van der Waals surface area contributed by atoms with Gasteiger partial charge in [0.1, 0.15) is 5.82 Å². The van der Waals surface area contributed by atoms with E-state index in [2.05, 4.69) is 0 Å². The van der Waals surface area contributed by atoms with Crippen molar-refractivity contribution < 1.29 is 49.1 Å². The van der Waals surface area contributed by atoms with Crippen LogP contribution in [0.5, 0.6) is 0 Å². The summed E-state index contributed by atoms with van der Waals surface area (Å²) in [6.07, 6.45) is -10.6. The first-order valence-corrected chi connectivity index (χ1v) is 12.4. The number of nitriles is 1. The summed E-state index contributed by atoms with van der Waals surface area (Å²) in [6.45, 7) is 0. The van der Waals surface area contributed by atoms with Gasteiger partial charge in [-0.1, -0.05) is 12.1 Å². The molecule has 6 nitrogen and oxygen atoms in total. The highest BCUT2D eigenvalue weighted by Crippen LogP contribution is 2.34. The van der Waals surface area contributed by atoms with Crippen LogP contribution in [-0.2, 0) is 33.4 Å². The molecule has 0 aliphatic rings. The van der Waals surface area contributed by atoms with E-state index in [1.165, 1.54) is 6.07 Å². The van der Waals surface area contributed by atoms with E-state index in [9.17, 15) is 49.1 Å². The molecule has 0 aliphatic heterocycles. The molecule has 0 fully saturated rings. The molecule has 3 rings (SSSR count). The van der Waals surface area contributed by atoms with Gasteiger partial charge in [-0.15, -0.1) is 0 Å². The second-order valence-electron chi connectivity index (χ2n) is 8.44. The van der Waals surface area contributed by atoms with Crippen LogP contribution in [0.4, 0.5) is 36.4 Å². The van der Waals surface area contributed by atoms with E-state index in [0.717, 1.165) is 48.5 Å². The van der Waals surface area contributed by atoms with Gasteiger partial charge in [0, 0.05) is 12.1 Å². The smallest absolute Gasteiger partial charge is 0.379 e. The molecule has 0 heterocycles. The summed E-state index contributed by atoms with van der Waals surface area (Å²) in [5.74, 6) is -3.64. The van der Waals surface area contributed by atoms with E-state index in [0.29, 0.717) is 18.2 Å². The summed E-state index contributed by atoms with van der Waals surface area (Å²) < 4.78 is 118. The van der Waals surface area contributed by atoms with E-state index < -0.39 is 79.0 Å². The molecule has 0 bridgehead atoms. The van der Waals surface area contributed by atoms with E-state index in [1.54, 1.807) is 0 Å². The van der Waals surface area contributed by atoms with Gasteiger partial charge in [0.25, 0.3) is 5.91 Å². The third-order valence-electron chi connectivity index (χ3n) is 5.51. The predicted octanol–water partition coefficient (Wildman–Crippen LogP) is 5.12. The molecule has 2 N–H and O–H groups in total. The topological polar surface area (TPSA) is 107 Å². The lowest BCUT2D eigenvalue weighted by Crippen LogP contribution is -2.50. The molecule has 0 saturated carbocycles. The number of hydrogen-bond donors (Lipinski definition) is 2. The van der Waals surface area contributed by atoms with Crippen molar-refractivity contribution in [1.29, 1.82) is 5.26 Å². The number of hydrogen-bond acceptors (Lipinski definition) is 5. The van der Waals surface area contributed by atoms with Crippen LogP contribution in [0, 0.1) is 17.1 Å². The first-order chi connectivity index (χ1) is 17.9. The molecule has 1 amide bonds. The summed E-state index contributed by atoms with van der Waals surface area (Å²) in [5, 5.41) is 22.2. The molecule has 0 radical (unpaired) electrons. The van der Waals surface area contributed by atoms with Crippen molar-refractivity contribution >= 4 is 21.4 Å². The standard InChI is InChI=1S/C25H17F7N2O4S/c26-18-6-9-20(10-7-18)39(37,38)14-23(36,12-15-1-4-17(5-2-15)24(27,28)29)22(35)34-19-8-3-16(13-33)21(11-19)25(30,31)32/h1-11,36H,12,14H2,(H,34,35)/t23-/m0/s1. The zero-order valence-electron chi connectivity index (χ0n) is 19.4. The number of alkyl halides is 6. The fourth-order valence-corrected chi connectivity index (χ4v) is 5.17. The van der Waals surface area contributed by atoms with Crippen LogP contribution in [0.1, 0.15) is 22.3 Å². The lowest BCUT2D eigenvalue weighted by molar-refractivity contribution is -0.138. The molecule has 0 aliphatic carbocycles. The maximum absolute atomic E-state index is 13.3. The number of carbonyl (C=O) groups is 1. The Labute approximate surface area is 217 Å². The van der Waals surface area contributed by atoms with E-state index in [-0.39, 0.29) is 5.56 Å². The Hall–Kier alpha value is -3.96. The highest BCUT2D eigenvalue weighted by Gasteiger charge is 2.42. The van der Waals surface area contributed by atoms with E-state index in [4.69, 9.17) is 5.26 Å². The Morgan fingerprint density at radius 1 is 0.897 bits per heavy atom. The van der Waals surface area contributed by atoms with Crippen LogP contribution in [0.15, 0.2) is 71.6 Å². The monoisotopic (exact) mass is 574 g/mol. The Bertz CT molecular complexity index is 1510. The lowest BCUT2D eigenvalue weighted by atomic mass is 9.94. The van der Waals surface area contributed by atoms with Crippen molar-refractivity contribution in [3.05, 3.63) is 94.8 Å². The number of halogens is 7. The summed E-state index contributed by atoms with van der Waals surface area (Å²) in [4.78, 5) is 12.6. The average Bonchev–Trinajstić information content (AvgIpc) is 2.83. The Balaban J connectivity index is 2.01. The SMILES string of the molecule is N#Cc1ccc(NC(=O)[C@](O)(Cc2ccc(C(F)(F)F)cc2)CS(=O)(=O)c2ccc(F)cc2)cc1C(F)(F)F. The van der Waals surface area contributed by atoms with Gasteiger partial charge in [-0.3, -0.25) is 4.79 Å². The number of nitrogens with zero attached hydrogens (tertiary/aromatic N) is 1. The fourth-order valence-electron chi connectivity index (χ4n) is 3.59. The van der Waals surface area contributed by atoms with Crippen molar-refractivity contribution in [2.75, 3.05) is 11.1 Å². The number of anilines is 1. The van der Waals surface area contributed by atoms with Gasteiger partial charge in [-0.25, -0.2) is 12.8 Å². The first kappa shape index (κ1) is 29.6. The molecular weight excluding hydrogens is 557 g/mol. The van der Waals surface area contributed by atoms with Crippen LogP contribution < -0.4 is 5.32 Å². The highest BCUT2D eigenvalue weighted by molar-refractivity contribution is 7.91. The molecule has 3 aromatic carbocycles. The molecule has 14 heteroatoms. The third-order valence-corrected chi connectivity index (χ3v) is 7.35. The van der Waals surface area contributed by atoms with Gasteiger partial charge >= 0.3 is 12.4 Å². The minimum Gasteiger partial charge on any atom is -0.379 e. The summed E-state index contributed by atoms with van der Waals surface area (Å²) in [5.41, 5.74) is -6.80. The number of aliphatic hydroxyl groups is 1. The Morgan fingerprint density at radius 3 is 2.00 bits per heavy atom. The average molecular weight is 574 g/mol. The molecule has 3 aromatic rings. The van der Waals surface area contributed by atoms with Crippen LogP contribution in [0.2, 0.25) is 0 Å². The minimum absolute atomic E-state index is 0.106. The lowest BCUT2D eigenvalue weighted by Gasteiger charge is -2.27. The number of sulfone groups is 1.